The average Bonchev–Trinajstić information content (AvgIpc) is 3.92. The predicted molar refractivity (Wildman–Crippen MR) is 302 cm³/mol. The minimum absolute atomic E-state index is 0.00537. The van der Waals surface area contributed by atoms with Gasteiger partial charge >= 0.3 is 0 Å². The van der Waals surface area contributed by atoms with E-state index in [1.165, 1.54) is 31.1 Å². The fourth-order valence-electron chi connectivity index (χ4n) is 9.60. The van der Waals surface area contributed by atoms with Crippen molar-refractivity contribution in [3.8, 4) is 11.5 Å². The van der Waals surface area contributed by atoms with E-state index in [1.54, 1.807) is 50.2 Å². The zero-order valence-corrected chi connectivity index (χ0v) is 47.7. The van der Waals surface area contributed by atoms with E-state index in [-0.39, 0.29) is 63.1 Å². The van der Waals surface area contributed by atoms with E-state index >= 15 is 0 Å². The Morgan fingerprint density at radius 3 is 1.82 bits per heavy atom. The van der Waals surface area contributed by atoms with Gasteiger partial charge in [0.2, 0.25) is 59.1 Å². The first-order chi connectivity index (χ1) is 37.9. The zero-order chi connectivity index (χ0) is 59.3. The number of hydrogen-bond donors (Lipinski definition) is 14. The van der Waals surface area contributed by atoms with E-state index in [4.69, 9.17) is 34.6 Å². The number of aliphatic hydroxyl groups excluding tert-OH is 1. The smallest absolute Gasteiger partial charge is 0.246 e. The van der Waals surface area contributed by atoms with Crippen molar-refractivity contribution in [2.24, 2.45) is 23.1 Å². The minimum Gasteiger partial charge on any atom is -0.508 e. The number of carbonyl (C=O) groups excluding carboxylic acids is 10. The zero-order valence-electron chi connectivity index (χ0n) is 45.9. The fourth-order valence-corrected chi connectivity index (χ4v) is 10.3. The number of hydrogen-bond acceptors (Lipinski definition) is 16. The lowest BCUT2D eigenvalue weighted by atomic mass is 9.85. The van der Waals surface area contributed by atoms with Crippen LogP contribution in [0.25, 0.3) is 0 Å². The largest absolute Gasteiger partial charge is 0.508 e. The molecule has 10 atom stereocenters. The number of benzene rings is 2. The van der Waals surface area contributed by atoms with E-state index in [0.29, 0.717) is 29.7 Å². The molecule has 1 aliphatic carbocycles. The molecule has 0 unspecified atom stereocenters. The highest BCUT2D eigenvalue weighted by Crippen LogP contribution is 2.36. The first-order valence-corrected chi connectivity index (χ1v) is 28.1. The maximum Gasteiger partial charge on any atom is 0.246 e. The standard InChI is InChI=1S/C54H81N11O13S2/c1-5-30(2)44(63-49(73)38(26-33-15-19-35(78-4)20-16-33)58-43(69)28-54(80)21-7-6-8-22-54)51(75)64-45(31(3)66)52(76)61-39(27-42(56)68)48(72)62-40(29-79)53(77)65-24-10-12-41(65)50(74)59-36(11-9-23-55)47(71)60-37(46(57)70)25-32-13-17-34(67)18-14-32/h13-20,30-31,36-41,44-45,66-67,79-80H,5-12,21-29,55H2,1-4H3,(H2,56,68)(H2,57,70)(H,58,69)(H,59,74)(H,60,71)(H,61,76)(H,62,72)(H,63,73)(H,64,75)/t30-,31+,36-,37-,38-,39-,40+,41-,44-,45-/m0/s1. The van der Waals surface area contributed by atoms with E-state index in [0.717, 1.165) is 32.1 Å². The van der Waals surface area contributed by atoms with Crippen LogP contribution in [-0.4, -0.2) is 159 Å². The molecule has 0 bridgehead atoms. The Kier molecular flexibility index (Phi) is 26.3. The molecule has 15 N–H and O–H groups in total. The summed E-state index contributed by atoms with van der Waals surface area (Å²) in [5.41, 5.74) is 18.1. The number of rotatable bonds is 31. The Labute approximate surface area is 477 Å². The predicted octanol–water partition coefficient (Wildman–Crippen LogP) is -0.950. The van der Waals surface area contributed by atoms with Gasteiger partial charge in [0, 0.05) is 36.3 Å². The third-order valence-electron chi connectivity index (χ3n) is 14.4. The number of phenols is 1. The van der Waals surface area contributed by atoms with Crippen molar-refractivity contribution in [3.63, 3.8) is 0 Å². The minimum atomic E-state index is -1.78. The topological polar surface area (TPSA) is 386 Å². The lowest BCUT2D eigenvalue weighted by Crippen LogP contribution is -2.63. The second-order valence-electron chi connectivity index (χ2n) is 20.7. The number of thiol groups is 2. The first kappa shape index (κ1) is 65.9. The second kappa shape index (κ2) is 32.0. The number of methoxy groups -OCH3 is 1. The fraction of sp³-hybridized carbons (Fsp3) is 0.593. The molecule has 26 heteroatoms. The van der Waals surface area contributed by atoms with Gasteiger partial charge in [0.05, 0.1) is 19.6 Å². The van der Waals surface area contributed by atoms with Crippen LogP contribution in [-0.2, 0) is 60.8 Å². The number of ether oxygens (including phenoxy) is 1. The molecule has 80 heavy (non-hydrogen) atoms. The van der Waals surface area contributed by atoms with E-state index in [9.17, 15) is 58.2 Å². The monoisotopic (exact) mass is 1160 g/mol. The van der Waals surface area contributed by atoms with Crippen LogP contribution in [0.2, 0.25) is 0 Å². The third kappa shape index (κ3) is 20.2. The molecule has 1 saturated heterocycles. The summed E-state index contributed by atoms with van der Waals surface area (Å²) in [5.74, 6) is -8.69. The Balaban J connectivity index is 1.47. The number of nitrogens with zero attached hydrogens (tertiary/aromatic N) is 1. The molecule has 2 aromatic carbocycles. The molecule has 4 rings (SSSR count). The average molecular weight is 1160 g/mol. The van der Waals surface area contributed by atoms with Gasteiger partial charge in [0.15, 0.2) is 0 Å². The number of nitrogens with one attached hydrogen (secondary N) is 7. The molecule has 0 aromatic heterocycles. The molecule has 442 valence electrons. The summed E-state index contributed by atoms with van der Waals surface area (Å²) in [5, 5.41) is 38.7. The highest BCUT2D eigenvalue weighted by atomic mass is 32.1. The van der Waals surface area contributed by atoms with Crippen molar-refractivity contribution in [1.82, 2.24) is 42.1 Å². The van der Waals surface area contributed by atoms with Gasteiger partial charge in [-0.15, -0.1) is 0 Å². The van der Waals surface area contributed by atoms with Crippen LogP contribution in [0.5, 0.6) is 11.5 Å². The second-order valence-corrected chi connectivity index (χ2v) is 22.0. The highest BCUT2D eigenvalue weighted by molar-refractivity contribution is 7.81. The Morgan fingerprint density at radius 1 is 0.713 bits per heavy atom. The Hall–Kier alpha value is -6.64. The number of likely N-dealkylation sites (tertiary alicyclic amines) is 1. The van der Waals surface area contributed by atoms with E-state index in [1.807, 2.05) is 0 Å². The molecular formula is C54H81N11O13S2. The van der Waals surface area contributed by atoms with Gasteiger partial charge in [0.1, 0.15) is 59.8 Å². The summed E-state index contributed by atoms with van der Waals surface area (Å²) in [7, 11) is 1.51. The van der Waals surface area contributed by atoms with Gasteiger partial charge < -0.3 is 74.3 Å². The van der Waals surface area contributed by atoms with Crippen molar-refractivity contribution >= 4 is 84.3 Å². The first-order valence-electron chi connectivity index (χ1n) is 27.0. The van der Waals surface area contributed by atoms with Gasteiger partial charge in [-0.3, -0.25) is 47.9 Å². The number of aromatic hydroxyl groups is 1. The molecule has 1 aliphatic heterocycles. The third-order valence-corrected chi connectivity index (χ3v) is 15.4. The molecule has 0 radical (unpaired) electrons. The van der Waals surface area contributed by atoms with Crippen LogP contribution in [0, 0.1) is 5.92 Å². The van der Waals surface area contributed by atoms with Crippen LogP contribution < -0.4 is 59.2 Å². The summed E-state index contributed by atoms with van der Waals surface area (Å²) in [4.78, 5) is 138. The molecule has 2 fully saturated rings. The maximum atomic E-state index is 14.2. The van der Waals surface area contributed by atoms with Crippen molar-refractivity contribution < 1.29 is 62.9 Å². The van der Waals surface area contributed by atoms with Gasteiger partial charge in [-0.1, -0.05) is 63.8 Å². The van der Waals surface area contributed by atoms with E-state index < -0.39 is 131 Å². The number of amides is 10. The van der Waals surface area contributed by atoms with Gasteiger partial charge in [-0.2, -0.15) is 25.3 Å². The summed E-state index contributed by atoms with van der Waals surface area (Å²) < 4.78 is 4.73. The number of aliphatic hydroxyl groups is 1. The number of carbonyl (C=O) groups is 10. The molecular weight excluding hydrogens is 1070 g/mol. The quantitative estimate of drug-likeness (QED) is 0.0405. The van der Waals surface area contributed by atoms with Crippen LogP contribution in [0.15, 0.2) is 48.5 Å². The van der Waals surface area contributed by atoms with Gasteiger partial charge in [0.25, 0.3) is 0 Å². The lowest BCUT2D eigenvalue weighted by Gasteiger charge is -2.33. The van der Waals surface area contributed by atoms with Crippen molar-refractivity contribution in [2.45, 2.75) is 170 Å². The number of nitrogens with two attached hydrogens (primary N) is 3. The van der Waals surface area contributed by atoms with Crippen molar-refractivity contribution in [1.29, 1.82) is 0 Å². The summed E-state index contributed by atoms with van der Waals surface area (Å²) in [6.07, 6.45) is 3.20. The number of primary amides is 2. The van der Waals surface area contributed by atoms with Crippen LogP contribution in [0.4, 0.5) is 0 Å². The summed E-state index contributed by atoms with van der Waals surface area (Å²) in [6, 6.07) is 1.80. The highest BCUT2D eigenvalue weighted by Gasteiger charge is 2.41. The number of phenolic OH excluding ortho intramolecular Hbond substituents is 1. The SMILES string of the molecule is CC[C@H](C)[C@H](NC(=O)[C@H](Cc1ccc(OC)cc1)NC(=O)CC1(S)CCCCC1)C(=O)N[C@H](C(=O)N[C@@H](CC(N)=O)C(=O)N[C@H](CS)C(=O)N1CCC[C@H]1C(=O)N[C@@H](CCCN)C(=O)N[C@@H](Cc1ccc(O)cc1)C(N)=O)[C@@H](C)O. The summed E-state index contributed by atoms with van der Waals surface area (Å²) in [6.45, 7) is 4.85. The molecule has 2 aromatic rings. The van der Waals surface area contributed by atoms with Gasteiger partial charge in [-0.25, -0.2) is 0 Å². The van der Waals surface area contributed by atoms with Crippen molar-refractivity contribution in [3.05, 3.63) is 59.7 Å². The van der Waals surface area contributed by atoms with Gasteiger partial charge in [-0.05, 0) is 93.3 Å². The molecule has 2 aliphatic rings. The molecule has 0 spiro atoms. The van der Waals surface area contributed by atoms with Crippen LogP contribution >= 0.6 is 25.3 Å². The Bertz CT molecular complexity index is 2470. The molecule has 1 heterocycles. The van der Waals surface area contributed by atoms with Crippen LogP contribution in [0.3, 0.4) is 0 Å². The van der Waals surface area contributed by atoms with Crippen molar-refractivity contribution in [2.75, 3.05) is 26.0 Å². The maximum absolute atomic E-state index is 14.2. The van der Waals surface area contributed by atoms with E-state index in [2.05, 4.69) is 49.8 Å². The summed E-state index contributed by atoms with van der Waals surface area (Å²) >= 11 is 9.11. The molecule has 1 saturated carbocycles. The van der Waals surface area contributed by atoms with Crippen LogP contribution in [0.1, 0.15) is 109 Å². The lowest BCUT2D eigenvalue weighted by molar-refractivity contribution is -0.142. The normalized spacial score (nSPS) is 18.2. The molecule has 24 nitrogen and oxygen atoms in total. The Morgan fingerprint density at radius 2 is 1.26 bits per heavy atom. The molecule has 10 amide bonds.